The summed E-state index contributed by atoms with van der Waals surface area (Å²) in [5.41, 5.74) is 0.619. The van der Waals surface area contributed by atoms with Crippen LogP contribution in [0.1, 0.15) is 26.5 Å². The van der Waals surface area contributed by atoms with Crippen molar-refractivity contribution in [2.45, 2.75) is 6.54 Å². The van der Waals surface area contributed by atoms with Crippen molar-refractivity contribution in [2.75, 3.05) is 6.54 Å². The van der Waals surface area contributed by atoms with Crippen LogP contribution in [0.5, 0.6) is 0 Å². The van der Waals surface area contributed by atoms with Gasteiger partial charge in [0.25, 0.3) is 17.7 Å². The number of nitrogens with zero attached hydrogens (tertiary/aromatic N) is 3. The number of aromatic nitrogens is 2. The molecule has 3 amide bonds. The second-order valence-corrected chi connectivity index (χ2v) is 6.46. The molecule has 0 spiro atoms. The number of carbonyl (C=O) groups excluding carboxylic acids is 3. The zero-order valence-corrected chi connectivity index (χ0v) is 14.2. The lowest BCUT2D eigenvalue weighted by atomic mass is 10.1. The van der Waals surface area contributed by atoms with Crippen molar-refractivity contribution in [3.63, 3.8) is 0 Å². The maximum Gasteiger partial charge on any atom is 0.268 e. The number of nitrogens with one attached hydrogen (secondary N) is 1. The van der Waals surface area contributed by atoms with Gasteiger partial charge in [-0.3, -0.25) is 19.3 Å². The number of rotatable bonds is 5. The maximum atomic E-state index is 12.2. The summed E-state index contributed by atoms with van der Waals surface area (Å²) < 4.78 is 5.13. The standard InChI is InChI=1S/C17H12N4O4S/c22-14(9-21-16(23)10-4-1-2-5-11(10)17(21)24)18-8-13-19-15(25-20-13)12-6-3-7-26-12/h1-7H,8-9H2,(H,18,22). The summed E-state index contributed by atoms with van der Waals surface area (Å²) in [5.74, 6) is -0.740. The van der Waals surface area contributed by atoms with Crippen LogP contribution < -0.4 is 5.32 Å². The van der Waals surface area contributed by atoms with Crippen molar-refractivity contribution in [3.8, 4) is 10.8 Å². The van der Waals surface area contributed by atoms with Crippen LogP contribution in [0.2, 0.25) is 0 Å². The van der Waals surface area contributed by atoms with Gasteiger partial charge in [-0.15, -0.1) is 11.3 Å². The van der Waals surface area contributed by atoms with Gasteiger partial charge in [0, 0.05) is 0 Å². The predicted molar refractivity (Wildman–Crippen MR) is 91.3 cm³/mol. The Morgan fingerprint density at radius 3 is 2.50 bits per heavy atom. The quantitative estimate of drug-likeness (QED) is 0.687. The van der Waals surface area contributed by atoms with E-state index in [2.05, 4.69) is 15.5 Å². The van der Waals surface area contributed by atoms with Crippen LogP contribution in [-0.4, -0.2) is 39.3 Å². The molecule has 1 N–H and O–H groups in total. The van der Waals surface area contributed by atoms with Gasteiger partial charge in [-0.05, 0) is 23.6 Å². The Morgan fingerprint density at radius 1 is 1.12 bits per heavy atom. The van der Waals surface area contributed by atoms with E-state index in [0.717, 1.165) is 9.78 Å². The van der Waals surface area contributed by atoms with Gasteiger partial charge >= 0.3 is 0 Å². The van der Waals surface area contributed by atoms with E-state index in [4.69, 9.17) is 4.52 Å². The van der Waals surface area contributed by atoms with Gasteiger partial charge in [0.2, 0.25) is 5.91 Å². The van der Waals surface area contributed by atoms with Gasteiger partial charge in [0.05, 0.1) is 22.5 Å². The first-order valence-corrected chi connectivity index (χ1v) is 8.60. The van der Waals surface area contributed by atoms with Gasteiger partial charge < -0.3 is 9.84 Å². The zero-order chi connectivity index (χ0) is 18.1. The van der Waals surface area contributed by atoms with E-state index in [9.17, 15) is 14.4 Å². The highest BCUT2D eigenvalue weighted by Crippen LogP contribution is 2.23. The SMILES string of the molecule is O=C(CN1C(=O)c2ccccc2C1=O)NCc1noc(-c2cccs2)n1. The highest BCUT2D eigenvalue weighted by atomic mass is 32.1. The Kier molecular flexibility index (Phi) is 4.05. The number of fused-ring (bicyclic) bond motifs is 1. The number of benzene rings is 1. The number of imide groups is 1. The van der Waals surface area contributed by atoms with Crippen molar-refractivity contribution >= 4 is 29.1 Å². The largest absolute Gasteiger partial charge is 0.347 e. The van der Waals surface area contributed by atoms with E-state index in [1.807, 2.05) is 17.5 Å². The summed E-state index contributed by atoms with van der Waals surface area (Å²) in [4.78, 5) is 42.5. The molecule has 0 aliphatic carbocycles. The molecule has 0 saturated heterocycles. The minimum Gasteiger partial charge on any atom is -0.347 e. The lowest BCUT2D eigenvalue weighted by Gasteiger charge is -2.12. The van der Waals surface area contributed by atoms with Crippen LogP contribution >= 0.6 is 11.3 Å². The van der Waals surface area contributed by atoms with Crippen LogP contribution in [-0.2, 0) is 11.3 Å². The van der Waals surface area contributed by atoms with E-state index in [1.54, 1.807) is 24.3 Å². The van der Waals surface area contributed by atoms with E-state index < -0.39 is 17.7 Å². The van der Waals surface area contributed by atoms with Crippen molar-refractivity contribution in [1.29, 1.82) is 0 Å². The molecule has 3 heterocycles. The van der Waals surface area contributed by atoms with Gasteiger partial charge in [-0.1, -0.05) is 23.4 Å². The van der Waals surface area contributed by atoms with Crippen molar-refractivity contribution < 1.29 is 18.9 Å². The topological polar surface area (TPSA) is 105 Å². The fraction of sp³-hybridized carbons (Fsp3) is 0.118. The molecule has 0 unspecified atom stereocenters. The minimum absolute atomic E-state index is 0.0386. The normalized spacial score (nSPS) is 13.2. The van der Waals surface area contributed by atoms with Gasteiger partial charge in [-0.2, -0.15) is 4.98 Å². The average Bonchev–Trinajstić information content (AvgIpc) is 3.38. The number of carbonyl (C=O) groups is 3. The van der Waals surface area contributed by atoms with E-state index in [-0.39, 0.29) is 13.1 Å². The molecule has 1 aliphatic rings. The number of hydrogen-bond donors (Lipinski definition) is 1. The van der Waals surface area contributed by atoms with Crippen molar-refractivity contribution in [3.05, 3.63) is 58.7 Å². The molecule has 1 aromatic carbocycles. The van der Waals surface area contributed by atoms with Gasteiger partial charge in [0.1, 0.15) is 6.54 Å². The molecular weight excluding hydrogens is 356 g/mol. The first-order valence-electron chi connectivity index (χ1n) is 7.72. The first-order chi connectivity index (χ1) is 12.6. The van der Waals surface area contributed by atoms with E-state index in [0.29, 0.717) is 22.8 Å². The molecule has 130 valence electrons. The molecule has 8 nitrogen and oxygen atoms in total. The fourth-order valence-electron chi connectivity index (χ4n) is 2.59. The van der Waals surface area contributed by atoms with Crippen LogP contribution in [0.4, 0.5) is 0 Å². The third kappa shape index (κ3) is 2.88. The first kappa shape index (κ1) is 16.2. The van der Waals surface area contributed by atoms with Crippen LogP contribution in [0.3, 0.4) is 0 Å². The third-order valence-electron chi connectivity index (χ3n) is 3.82. The Balaban J connectivity index is 1.37. The Labute approximate surface area is 151 Å². The highest BCUT2D eigenvalue weighted by molar-refractivity contribution is 7.13. The summed E-state index contributed by atoms with van der Waals surface area (Å²) in [7, 11) is 0. The molecule has 0 radical (unpaired) electrons. The highest BCUT2D eigenvalue weighted by Gasteiger charge is 2.36. The molecule has 0 fully saturated rings. The van der Waals surface area contributed by atoms with Gasteiger partial charge in [-0.25, -0.2) is 0 Å². The molecule has 9 heteroatoms. The predicted octanol–water partition coefficient (Wildman–Crippen LogP) is 1.71. The van der Waals surface area contributed by atoms with E-state index >= 15 is 0 Å². The van der Waals surface area contributed by atoms with Crippen LogP contribution in [0.15, 0.2) is 46.3 Å². The molecule has 0 bridgehead atoms. The second-order valence-electron chi connectivity index (χ2n) is 5.51. The summed E-state index contributed by atoms with van der Waals surface area (Å²) in [6.07, 6.45) is 0. The average molecular weight is 368 g/mol. The summed E-state index contributed by atoms with van der Waals surface area (Å²) in [5, 5.41) is 8.27. The van der Waals surface area contributed by atoms with Crippen molar-refractivity contribution in [2.24, 2.45) is 0 Å². The zero-order valence-electron chi connectivity index (χ0n) is 13.3. The summed E-state index contributed by atoms with van der Waals surface area (Å²) in [6, 6.07) is 10.2. The van der Waals surface area contributed by atoms with Gasteiger partial charge in [0.15, 0.2) is 5.82 Å². The lowest BCUT2D eigenvalue weighted by molar-refractivity contribution is -0.121. The van der Waals surface area contributed by atoms with E-state index in [1.165, 1.54) is 11.3 Å². The lowest BCUT2D eigenvalue weighted by Crippen LogP contribution is -2.40. The second kappa shape index (κ2) is 6.52. The van der Waals surface area contributed by atoms with Crippen LogP contribution in [0.25, 0.3) is 10.8 Å². The molecule has 26 heavy (non-hydrogen) atoms. The fourth-order valence-corrected chi connectivity index (χ4v) is 3.23. The molecular formula is C17H12N4O4S. The minimum atomic E-state index is -0.484. The molecule has 4 rings (SSSR count). The number of hydrogen-bond acceptors (Lipinski definition) is 7. The molecule has 0 saturated carbocycles. The molecule has 1 aliphatic heterocycles. The summed E-state index contributed by atoms with van der Waals surface area (Å²) in [6.45, 7) is -0.321. The molecule has 2 aromatic heterocycles. The Morgan fingerprint density at radius 2 is 1.85 bits per heavy atom. The maximum absolute atomic E-state index is 12.2. The molecule has 3 aromatic rings. The smallest absolute Gasteiger partial charge is 0.268 e. The summed E-state index contributed by atoms with van der Waals surface area (Å²) >= 11 is 1.46. The van der Waals surface area contributed by atoms with Crippen LogP contribution in [0, 0.1) is 0 Å². The number of thiophene rings is 1. The Bertz CT molecular complexity index is 961. The Hall–Kier alpha value is -3.33. The molecule has 0 atom stereocenters. The third-order valence-corrected chi connectivity index (χ3v) is 4.68. The monoisotopic (exact) mass is 368 g/mol. The number of amides is 3. The van der Waals surface area contributed by atoms with Crippen molar-refractivity contribution in [1.82, 2.24) is 20.4 Å².